The van der Waals surface area contributed by atoms with Gasteiger partial charge in [-0.3, -0.25) is 0 Å². The second-order valence-electron chi connectivity index (χ2n) is 6.13. The number of carboxylic acids is 2. The first-order chi connectivity index (χ1) is 12.5. The lowest BCUT2D eigenvalue weighted by Gasteiger charge is -2.31. The number of hydrogen-bond donors (Lipinski definition) is 2. The van der Waals surface area contributed by atoms with Crippen LogP contribution in [0.2, 0.25) is 0 Å². The summed E-state index contributed by atoms with van der Waals surface area (Å²) in [4.78, 5) is 24.0. The standard InChI is InChI=1S/C18H18FNO6S/c1-11(12-3-5-15(19)6-4-12)20(10-27(2,25)26)16-8-13(17(21)22)7-14(9-16)18(23)24/h3-9,11H,10H2,1-2H3,(H,21,22)(H,23,24)/t11-/m1/s1. The highest BCUT2D eigenvalue weighted by molar-refractivity contribution is 7.90. The predicted molar refractivity (Wildman–Crippen MR) is 97.4 cm³/mol. The maximum atomic E-state index is 13.2. The molecule has 0 heterocycles. The predicted octanol–water partition coefficient (Wildman–Crippen LogP) is 2.79. The third-order valence-corrected chi connectivity index (χ3v) is 4.68. The SMILES string of the molecule is C[C@H](c1ccc(F)cc1)N(CS(C)(=O)=O)c1cc(C(=O)O)cc(C(=O)O)c1. The first kappa shape index (κ1) is 20.4. The first-order valence-corrected chi connectivity index (χ1v) is 9.85. The highest BCUT2D eigenvalue weighted by Gasteiger charge is 2.23. The first-order valence-electron chi connectivity index (χ1n) is 7.79. The van der Waals surface area contributed by atoms with Gasteiger partial charge in [0.25, 0.3) is 0 Å². The molecule has 7 nitrogen and oxygen atoms in total. The van der Waals surface area contributed by atoms with Crippen LogP contribution in [0.1, 0.15) is 39.2 Å². The molecule has 1 atom stereocenters. The van der Waals surface area contributed by atoms with Crippen LogP contribution in [0, 0.1) is 5.82 Å². The van der Waals surface area contributed by atoms with E-state index >= 15 is 0 Å². The summed E-state index contributed by atoms with van der Waals surface area (Å²) < 4.78 is 37.0. The van der Waals surface area contributed by atoms with Gasteiger partial charge >= 0.3 is 11.9 Å². The van der Waals surface area contributed by atoms with Gasteiger partial charge in [-0.05, 0) is 42.8 Å². The topological polar surface area (TPSA) is 112 Å². The lowest BCUT2D eigenvalue weighted by molar-refractivity contribution is 0.0696. The molecule has 2 aromatic rings. The molecule has 0 aliphatic carbocycles. The third kappa shape index (κ3) is 5.27. The normalized spacial score (nSPS) is 12.4. The molecule has 0 aliphatic rings. The second kappa shape index (κ2) is 7.75. The van der Waals surface area contributed by atoms with Crippen LogP contribution in [0.15, 0.2) is 42.5 Å². The zero-order valence-corrected chi connectivity index (χ0v) is 15.4. The molecule has 2 rings (SSSR count). The van der Waals surface area contributed by atoms with Crippen LogP contribution in [0.5, 0.6) is 0 Å². The van der Waals surface area contributed by atoms with Crippen molar-refractivity contribution in [3.63, 3.8) is 0 Å². The van der Waals surface area contributed by atoms with Crippen LogP contribution in [0.4, 0.5) is 10.1 Å². The molecule has 9 heteroatoms. The van der Waals surface area contributed by atoms with Crippen LogP contribution in [0.3, 0.4) is 0 Å². The van der Waals surface area contributed by atoms with E-state index in [1.165, 1.54) is 41.3 Å². The number of nitrogens with zero attached hydrogens (tertiary/aromatic N) is 1. The molecule has 2 aromatic carbocycles. The molecular weight excluding hydrogens is 377 g/mol. The van der Waals surface area contributed by atoms with Crippen LogP contribution < -0.4 is 4.90 Å². The summed E-state index contributed by atoms with van der Waals surface area (Å²) in [5.41, 5.74) is 0.136. The Morgan fingerprint density at radius 1 is 1.04 bits per heavy atom. The highest BCUT2D eigenvalue weighted by Crippen LogP contribution is 2.29. The molecule has 27 heavy (non-hydrogen) atoms. The molecule has 0 radical (unpaired) electrons. The number of anilines is 1. The monoisotopic (exact) mass is 395 g/mol. The van der Waals surface area contributed by atoms with E-state index in [0.717, 1.165) is 12.3 Å². The Bertz CT molecular complexity index is 940. The molecule has 0 spiro atoms. The molecule has 0 aromatic heterocycles. The Balaban J connectivity index is 2.61. The van der Waals surface area contributed by atoms with Gasteiger partial charge in [0, 0.05) is 11.9 Å². The summed E-state index contributed by atoms with van der Waals surface area (Å²) in [7, 11) is -3.54. The lowest BCUT2D eigenvalue weighted by Crippen LogP contribution is -2.32. The number of hydrogen-bond acceptors (Lipinski definition) is 5. The average molecular weight is 395 g/mol. The number of aromatic carboxylic acids is 2. The van der Waals surface area contributed by atoms with E-state index in [1.807, 2.05) is 0 Å². The van der Waals surface area contributed by atoms with Gasteiger partial charge in [-0.1, -0.05) is 12.1 Å². The number of carbonyl (C=O) groups is 2. The lowest BCUT2D eigenvalue weighted by atomic mass is 10.0. The van der Waals surface area contributed by atoms with Gasteiger partial charge in [0.05, 0.1) is 17.2 Å². The summed E-state index contributed by atoms with van der Waals surface area (Å²) in [5, 5.41) is 18.5. The minimum absolute atomic E-state index is 0.120. The van der Waals surface area contributed by atoms with Crippen molar-refractivity contribution in [2.45, 2.75) is 13.0 Å². The fourth-order valence-corrected chi connectivity index (χ4v) is 3.49. The maximum Gasteiger partial charge on any atom is 0.335 e. The van der Waals surface area contributed by atoms with Gasteiger partial charge in [-0.2, -0.15) is 0 Å². The molecule has 0 aliphatic heterocycles. The largest absolute Gasteiger partial charge is 0.478 e. The molecule has 0 unspecified atom stereocenters. The summed E-state index contributed by atoms with van der Waals surface area (Å²) in [6, 6.07) is 8.23. The van der Waals surface area contributed by atoms with E-state index in [-0.39, 0.29) is 16.8 Å². The smallest absolute Gasteiger partial charge is 0.335 e. The Morgan fingerprint density at radius 3 is 1.93 bits per heavy atom. The van der Waals surface area contributed by atoms with E-state index in [1.54, 1.807) is 6.92 Å². The third-order valence-electron chi connectivity index (χ3n) is 3.94. The number of benzene rings is 2. The Hall–Kier alpha value is -2.94. The van der Waals surface area contributed by atoms with Crippen molar-refractivity contribution in [1.82, 2.24) is 0 Å². The highest BCUT2D eigenvalue weighted by atomic mass is 32.2. The van der Waals surface area contributed by atoms with E-state index in [9.17, 15) is 32.6 Å². The zero-order chi connectivity index (χ0) is 20.4. The molecule has 0 fully saturated rings. The van der Waals surface area contributed by atoms with Crippen molar-refractivity contribution < 1.29 is 32.6 Å². The number of sulfone groups is 1. The minimum atomic E-state index is -3.54. The maximum absolute atomic E-state index is 13.2. The number of rotatable bonds is 7. The van der Waals surface area contributed by atoms with Gasteiger partial charge in [-0.15, -0.1) is 0 Å². The van der Waals surface area contributed by atoms with E-state index in [4.69, 9.17) is 0 Å². The van der Waals surface area contributed by atoms with Crippen molar-refractivity contribution in [3.05, 3.63) is 65.0 Å². The van der Waals surface area contributed by atoms with Crippen LogP contribution in [0.25, 0.3) is 0 Å². The molecule has 2 N–H and O–H groups in total. The van der Waals surface area contributed by atoms with Gasteiger partial charge in [0.2, 0.25) is 0 Å². The summed E-state index contributed by atoms with van der Waals surface area (Å²) in [6.45, 7) is 1.66. The summed E-state index contributed by atoms with van der Waals surface area (Å²) in [5.74, 6) is -3.61. The molecule has 0 amide bonds. The van der Waals surface area contributed by atoms with Gasteiger partial charge < -0.3 is 15.1 Å². The zero-order valence-electron chi connectivity index (χ0n) is 14.6. The van der Waals surface area contributed by atoms with Crippen molar-refractivity contribution >= 4 is 27.5 Å². The molecular formula is C18H18FNO6S. The fraction of sp³-hybridized carbons (Fsp3) is 0.222. The second-order valence-corrected chi connectivity index (χ2v) is 8.24. The van der Waals surface area contributed by atoms with Crippen molar-refractivity contribution in [2.75, 3.05) is 17.0 Å². The van der Waals surface area contributed by atoms with Gasteiger partial charge in [0.1, 0.15) is 11.7 Å². The van der Waals surface area contributed by atoms with Crippen molar-refractivity contribution in [2.24, 2.45) is 0 Å². The Morgan fingerprint density at radius 2 is 1.52 bits per heavy atom. The van der Waals surface area contributed by atoms with Crippen molar-refractivity contribution in [3.8, 4) is 0 Å². The van der Waals surface area contributed by atoms with Crippen molar-refractivity contribution in [1.29, 1.82) is 0 Å². The minimum Gasteiger partial charge on any atom is -0.478 e. The average Bonchev–Trinajstić information content (AvgIpc) is 2.58. The van der Waals surface area contributed by atoms with Crippen LogP contribution in [-0.2, 0) is 9.84 Å². The molecule has 144 valence electrons. The van der Waals surface area contributed by atoms with Gasteiger partial charge in [-0.25, -0.2) is 22.4 Å². The van der Waals surface area contributed by atoms with Crippen LogP contribution in [-0.4, -0.2) is 42.7 Å². The number of halogens is 1. The van der Waals surface area contributed by atoms with E-state index < -0.39 is 39.5 Å². The summed E-state index contributed by atoms with van der Waals surface area (Å²) >= 11 is 0. The molecule has 0 saturated heterocycles. The summed E-state index contributed by atoms with van der Waals surface area (Å²) in [6.07, 6.45) is 1.01. The fourth-order valence-electron chi connectivity index (χ4n) is 2.61. The molecule has 0 bridgehead atoms. The quantitative estimate of drug-likeness (QED) is 0.741. The van der Waals surface area contributed by atoms with E-state index in [0.29, 0.717) is 5.56 Å². The van der Waals surface area contributed by atoms with Crippen LogP contribution >= 0.6 is 0 Å². The Kier molecular flexibility index (Phi) is 5.85. The van der Waals surface area contributed by atoms with Gasteiger partial charge in [0.15, 0.2) is 9.84 Å². The number of carboxylic acid groups (broad SMARTS) is 2. The molecule has 0 saturated carbocycles. The van der Waals surface area contributed by atoms with E-state index in [2.05, 4.69) is 0 Å². The Labute approximate surface area is 155 Å².